The van der Waals surface area contributed by atoms with Crippen LogP contribution in [0.2, 0.25) is 0 Å². The van der Waals surface area contributed by atoms with E-state index in [0.29, 0.717) is 25.4 Å². The van der Waals surface area contributed by atoms with Crippen molar-refractivity contribution in [3.8, 4) is 5.75 Å². The molecular weight excluding hydrogens is 464 g/mol. The molecular formula is C27H40N2O5S. The minimum Gasteiger partial charge on any atom is -0.492 e. The smallest absolute Gasteiger partial charge is 0.224 e. The molecule has 0 saturated carbocycles. The van der Waals surface area contributed by atoms with Crippen LogP contribution in [0.5, 0.6) is 5.75 Å². The van der Waals surface area contributed by atoms with Crippen molar-refractivity contribution in [1.82, 2.24) is 5.32 Å². The lowest BCUT2D eigenvalue weighted by Crippen LogP contribution is -2.47. The number of hydrogen-bond donors (Lipinski definition) is 6. The Hall–Kier alpha value is -2.10. The zero-order valence-corrected chi connectivity index (χ0v) is 22.0. The highest BCUT2D eigenvalue weighted by Crippen LogP contribution is 2.48. The summed E-state index contributed by atoms with van der Waals surface area (Å²) < 4.78 is 5.80. The fourth-order valence-electron chi connectivity index (χ4n) is 4.36. The average molecular weight is 505 g/mol. The van der Waals surface area contributed by atoms with Crippen LogP contribution < -0.4 is 15.8 Å². The van der Waals surface area contributed by atoms with E-state index < -0.39 is 34.6 Å². The highest BCUT2D eigenvalue weighted by molar-refractivity contribution is 8.16. The summed E-state index contributed by atoms with van der Waals surface area (Å²) in [6.45, 7) is 7.30. The Morgan fingerprint density at radius 1 is 1.14 bits per heavy atom. The molecule has 0 spiro atoms. The van der Waals surface area contributed by atoms with Gasteiger partial charge in [-0.15, -0.1) is 0 Å². The molecule has 2 aromatic carbocycles. The van der Waals surface area contributed by atoms with Gasteiger partial charge in [0.2, 0.25) is 5.91 Å². The Balaban J connectivity index is 1.58. The molecule has 5 atom stereocenters. The molecule has 1 fully saturated rings. The number of carbonyl (C=O) groups is 1. The molecule has 2 aromatic rings. The minimum absolute atomic E-state index is 0.152. The quantitative estimate of drug-likeness (QED) is 0.217. The zero-order chi connectivity index (χ0) is 25.8. The number of ether oxygens (including phenoxy) is 1. The Labute approximate surface area is 211 Å². The SMILES string of the molecule is Cc1ccc([C@H]2[C@H](O)[C@H](O)[C@H](O)C[SH]2C)cc1Cc1ccc(OCCNCC(C)(C)C(N)=O)cc1. The number of nitrogens with one attached hydrogen (secondary N) is 1. The number of aryl methyl sites for hydroxylation is 1. The molecule has 35 heavy (non-hydrogen) atoms. The van der Waals surface area contributed by atoms with E-state index in [0.717, 1.165) is 23.3 Å². The molecule has 0 aromatic heterocycles. The van der Waals surface area contributed by atoms with E-state index in [9.17, 15) is 20.1 Å². The van der Waals surface area contributed by atoms with Crippen LogP contribution in [0.4, 0.5) is 0 Å². The van der Waals surface area contributed by atoms with Crippen molar-refractivity contribution in [2.45, 2.75) is 50.8 Å². The second-order valence-electron chi connectivity index (χ2n) is 10.2. The van der Waals surface area contributed by atoms with E-state index in [1.807, 2.05) is 44.2 Å². The molecule has 1 saturated heterocycles. The number of benzene rings is 2. The first-order valence-corrected chi connectivity index (χ1v) is 14.1. The lowest BCUT2D eigenvalue weighted by atomic mass is 9.93. The molecule has 0 bridgehead atoms. The number of amides is 1. The first-order chi connectivity index (χ1) is 16.5. The fourth-order valence-corrected chi connectivity index (χ4v) is 6.76. The molecule has 0 aliphatic carbocycles. The lowest BCUT2D eigenvalue weighted by molar-refractivity contribution is -0.125. The number of aliphatic hydroxyl groups excluding tert-OH is 3. The van der Waals surface area contributed by atoms with Crippen LogP contribution >= 0.6 is 10.9 Å². The van der Waals surface area contributed by atoms with Gasteiger partial charge in [-0.3, -0.25) is 4.79 Å². The van der Waals surface area contributed by atoms with Crippen LogP contribution in [0.25, 0.3) is 0 Å². The number of nitrogens with two attached hydrogens (primary N) is 1. The van der Waals surface area contributed by atoms with E-state index in [1.54, 1.807) is 0 Å². The Morgan fingerprint density at radius 2 is 1.83 bits per heavy atom. The van der Waals surface area contributed by atoms with Gasteiger partial charge in [0.25, 0.3) is 0 Å². The monoisotopic (exact) mass is 504 g/mol. The van der Waals surface area contributed by atoms with Crippen molar-refractivity contribution in [1.29, 1.82) is 0 Å². The molecule has 1 aliphatic heterocycles. The molecule has 1 unspecified atom stereocenters. The summed E-state index contributed by atoms with van der Waals surface area (Å²) in [6.07, 6.45) is -0.107. The van der Waals surface area contributed by atoms with E-state index in [-0.39, 0.29) is 11.2 Å². The molecule has 1 heterocycles. The third kappa shape index (κ3) is 6.98. The number of hydrogen-bond acceptors (Lipinski definition) is 6. The van der Waals surface area contributed by atoms with Crippen molar-refractivity contribution >= 4 is 16.8 Å². The predicted octanol–water partition coefficient (Wildman–Crippen LogP) is 1.83. The van der Waals surface area contributed by atoms with Crippen molar-refractivity contribution < 1.29 is 24.9 Å². The van der Waals surface area contributed by atoms with Crippen LogP contribution in [0.3, 0.4) is 0 Å². The second-order valence-corrected chi connectivity index (χ2v) is 12.6. The molecule has 6 N–H and O–H groups in total. The molecule has 1 aliphatic rings. The minimum atomic E-state index is -1.11. The molecule has 8 heteroatoms. The number of thiol groups is 1. The number of rotatable bonds is 10. The zero-order valence-electron chi connectivity index (χ0n) is 21.1. The number of primary amides is 1. The van der Waals surface area contributed by atoms with Crippen LogP contribution in [0, 0.1) is 12.3 Å². The molecule has 0 radical (unpaired) electrons. The summed E-state index contributed by atoms with van der Waals surface area (Å²) in [7, 11) is -0.646. The predicted molar refractivity (Wildman–Crippen MR) is 142 cm³/mol. The summed E-state index contributed by atoms with van der Waals surface area (Å²) in [4.78, 5) is 11.4. The third-order valence-electron chi connectivity index (χ3n) is 6.83. The van der Waals surface area contributed by atoms with E-state index in [4.69, 9.17) is 10.5 Å². The first-order valence-electron chi connectivity index (χ1n) is 12.1. The van der Waals surface area contributed by atoms with Gasteiger partial charge < -0.3 is 31.1 Å². The van der Waals surface area contributed by atoms with Crippen molar-refractivity contribution in [3.63, 3.8) is 0 Å². The van der Waals surface area contributed by atoms with Crippen LogP contribution in [-0.2, 0) is 11.2 Å². The van der Waals surface area contributed by atoms with Gasteiger partial charge in [-0.2, -0.15) is 0 Å². The highest BCUT2D eigenvalue weighted by atomic mass is 32.2. The van der Waals surface area contributed by atoms with Gasteiger partial charge in [0, 0.05) is 24.1 Å². The normalized spacial score (nSPS) is 25.9. The number of aliphatic hydroxyl groups is 3. The molecule has 194 valence electrons. The van der Waals surface area contributed by atoms with Gasteiger partial charge in [-0.05, 0) is 67.8 Å². The van der Waals surface area contributed by atoms with Gasteiger partial charge in [-0.25, -0.2) is 10.9 Å². The summed E-state index contributed by atoms with van der Waals surface area (Å²) in [5, 5.41) is 33.9. The standard InChI is InChI=1S/C27H40N2O5S/c1-17-5-8-19(25-24(32)23(31)22(30)15-35(25)4)14-20(17)13-18-6-9-21(10-7-18)34-12-11-29-16-27(2,3)26(28)33/h5-10,14,22-25,29-32,35H,11-13,15-16H2,1-4H3,(H2,28,33)/t22-,23-,24-,25+/m1/s1. The maximum Gasteiger partial charge on any atom is 0.224 e. The van der Waals surface area contributed by atoms with Crippen molar-refractivity contribution in [2.24, 2.45) is 11.1 Å². The van der Waals surface area contributed by atoms with E-state index in [2.05, 4.69) is 30.6 Å². The van der Waals surface area contributed by atoms with Gasteiger partial charge in [0.15, 0.2) is 0 Å². The lowest BCUT2D eigenvalue weighted by Gasteiger charge is -2.42. The third-order valence-corrected chi connectivity index (χ3v) is 9.34. The second kappa shape index (κ2) is 11.8. The summed E-state index contributed by atoms with van der Waals surface area (Å²) in [5.41, 5.74) is 9.31. The Morgan fingerprint density at radius 3 is 2.49 bits per heavy atom. The van der Waals surface area contributed by atoms with Gasteiger partial charge >= 0.3 is 0 Å². The fraction of sp³-hybridized carbons (Fsp3) is 0.519. The molecule has 1 amide bonds. The number of carbonyl (C=O) groups excluding carboxylic acids is 1. The maximum absolute atomic E-state index is 11.4. The average Bonchev–Trinajstić information content (AvgIpc) is 2.80. The van der Waals surface area contributed by atoms with Gasteiger partial charge in [0.1, 0.15) is 18.5 Å². The topological polar surface area (TPSA) is 125 Å². The van der Waals surface area contributed by atoms with Gasteiger partial charge in [-0.1, -0.05) is 30.3 Å². The van der Waals surface area contributed by atoms with E-state index in [1.165, 1.54) is 11.1 Å². The summed E-state index contributed by atoms with van der Waals surface area (Å²) >= 11 is 0. The first kappa shape index (κ1) is 27.5. The Bertz CT molecular complexity index is 998. The van der Waals surface area contributed by atoms with Crippen molar-refractivity contribution in [2.75, 3.05) is 31.7 Å². The molecule has 7 nitrogen and oxygen atoms in total. The maximum atomic E-state index is 11.4. The molecule has 3 rings (SSSR count). The van der Waals surface area contributed by atoms with Crippen molar-refractivity contribution in [3.05, 3.63) is 64.7 Å². The van der Waals surface area contributed by atoms with Crippen LogP contribution in [0.1, 0.15) is 41.4 Å². The van der Waals surface area contributed by atoms with Gasteiger partial charge in [0.05, 0.1) is 17.6 Å². The largest absolute Gasteiger partial charge is 0.492 e. The highest BCUT2D eigenvalue weighted by Gasteiger charge is 2.40. The van der Waals surface area contributed by atoms with E-state index >= 15 is 0 Å². The van der Waals surface area contributed by atoms with Crippen LogP contribution in [-0.4, -0.2) is 71.2 Å². The van der Waals surface area contributed by atoms with Crippen LogP contribution in [0.15, 0.2) is 42.5 Å². The summed E-state index contributed by atoms with van der Waals surface area (Å²) in [5.74, 6) is 0.982. The summed E-state index contributed by atoms with van der Waals surface area (Å²) in [6, 6.07) is 14.2. The Kier molecular flexibility index (Phi) is 9.23.